The van der Waals surface area contributed by atoms with E-state index in [4.69, 9.17) is 20.4 Å². The maximum absolute atomic E-state index is 10.9. The van der Waals surface area contributed by atoms with E-state index >= 15 is 0 Å². The van der Waals surface area contributed by atoms with Gasteiger partial charge in [0.15, 0.2) is 0 Å². The van der Waals surface area contributed by atoms with Gasteiger partial charge in [0.2, 0.25) is 23.2 Å². The van der Waals surface area contributed by atoms with Gasteiger partial charge in [0.25, 0.3) is 11.4 Å². The van der Waals surface area contributed by atoms with Crippen LogP contribution in [-0.2, 0) is 0 Å². The number of halogens is 1. The van der Waals surface area contributed by atoms with Gasteiger partial charge in [0, 0.05) is 48.5 Å². The molecule has 2 aromatic carbocycles. The van der Waals surface area contributed by atoms with Crippen molar-refractivity contribution >= 4 is 51.3 Å². The first-order valence-electron chi connectivity index (χ1n) is 13.3. The molecular weight excluding hydrogens is 578 g/mol. The van der Waals surface area contributed by atoms with Crippen molar-refractivity contribution in [2.75, 3.05) is 18.0 Å². The number of non-ortho nitro benzene ring substituents is 2. The molecule has 0 atom stereocenters. The Kier molecular flexibility index (Phi) is 7.62. The highest BCUT2D eigenvalue weighted by Crippen LogP contribution is 2.29. The summed E-state index contributed by atoms with van der Waals surface area (Å²) in [5.74, 6) is 1.51. The van der Waals surface area contributed by atoms with Crippen LogP contribution in [0.3, 0.4) is 0 Å². The van der Waals surface area contributed by atoms with E-state index in [1.54, 1.807) is 36.4 Å². The lowest BCUT2D eigenvalue weighted by Gasteiger charge is -2.27. The zero-order valence-corrected chi connectivity index (χ0v) is 23.2. The molecule has 1 saturated heterocycles. The van der Waals surface area contributed by atoms with Gasteiger partial charge in [-0.3, -0.25) is 20.2 Å². The lowest BCUT2D eigenvalue weighted by molar-refractivity contribution is -0.385. The first kappa shape index (κ1) is 27.7. The summed E-state index contributed by atoms with van der Waals surface area (Å²) in [4.78, 5) is 40.1. The number of rotatable bonds is 5. The van der Waals surface area contributed by atoms with Crippen molar-refractivity contribution in [1.82, 2.24) is 19.9 Å². The number of piperidine rings is 1. The van der Waals surface area contributed by atoms with Gasteiger partial charge in [0.05, 0.1) is 9.85 Å². The first-order chi connectivity index (χ1) is 20.8. The second-order valence-electron chi connectivity index (χ2n) is 9.65. The summed E-state index contributed by atoms with van der Waals surface area (Å²) in [6, 6.07) is 19.4. The molecule has 4 aromatic heterocycles. The Balaban J connectivity index is 0.000000157. The SMILES string of the molecule is O=[N+]([O-])c1cccc(-c2nc3ccc(Cl)nc3o2)c1.O=[N+]([O-])c1cccc(-c2nc3ccc(N4CCCCC4)nc3o2)c1. The molecule has 0 unspecified atom stereocenters. The topological polar surface area (TPSA) is 167 Å². The minimum absolute atomic E-state index is 0.0109. The van der Waals surface area contributed by atoms with E-state index in [1.807, 2.05) is 12.1 Å². The molecule has 1 aliphatic heterocycles. The largest absolute Gasteiger partial charge is 0.418 e. The lowest BCUT2D eigenvalue weighted by Crippen LogP contribution is -2.29. The molecule has 0 radical (unpaired) electrons. The number of nitro benzene ring substituents is 2. The van der Waals surface area contributed by atoms with Gasteiger partial charge < -0.3 is 13.7 Å². The molecule has 6 aromatic rings. The number of oxazole rings is 2. The van der Waals surface area contributed by atoms with E-state index in [0.717, 1.165) is 18.9 Å². The van der Waals surface area contributed by atoms with Crippen LogP contribution in [0.15, 0.2) is 81.6 Å². The lowest BCUT2D eigenvalue weighted by atomic mass is 10.1. The van der Waals surface area contributed by atoms with E-state index in [2.05, 4.69) is 24.8 Å². The number of fused-ring (bicyclic) bond motifs is 2. The minimum Gasteiger partial charge on any atom is -0.418 e. The predicted molar refractivity (Wildman–Crippen MR) is 159 cm³/mol. The number of anilines is 1. The predicted octanol–water partition coefficient (Wildman–Crippen LogP) is 7.24. The minimum atomic E-state index is -0.471. The molecule has 0 amide bonds. The summed E-state index contributed by atoms with van der Waals surface area (Å²) < 4.78 is 11.2. The highest BCUT2D eigenvalue weighted by atomic mass is 35.5. The fraction of sp³-hybridized carbons (Fsp3) is 0.172. The van der Waals surface area contributed by atoms with Crippen LogP contribution in [0.2, 0.25) is 5.15 Å². The Hall–Kier alpha value is -5.43. The summed E-state index contributed by atoms with van der Waals surface area (Å²) >= 11 is 5.75. The fourth-order valence-corrected chi connectivity index (χ4v) is 4.79. The van der Waals surface area contributed by atoms with Crippen molar-refractivity contribution in [1.29, 1.82) is 0 Å². The summed E-state index contributed by atoms with van der Waals surface area (Å²) in [5, 5.41) is 21.9. The number of nitro groups is 2. The molecule has 0 N–H and O–H groups in total. The van der Waals surface area contributed by atoms with E-state index in [9.17, 15) is 20.2 Å². The molecule has 14 heteroatoms. The van der Waals surface area contributed by atoms with Gasteiger partial charge in [0.1, 0.15) is 22.0 Å². The molecule has 0 spiro atoms. The van der Waals surface area contributed by atoms with Crippen molar-refractivity contribution in [2.45, 2.75) is 19.3 Å². The standard InChI is InChI=1S/C17H16N4O3.C12H6ClN3O3/c22-21(23)13-6-4-5-12(11-13)16-18-14-7-8-15(19-17(14)24-16)20-9-2-1-3-10-20;13-10-5-4-9-12(15-10)19-11(14-9)7-2-1-3-8(6-7)16(17)18/h4-8,11H,1-3,9-10H2;1-6H. The summed E-state index contributed by atoms with van der Waals surface area (Å²) in [6.07, 6.45) is 3.61. The van der Waals surface area contributed by atoms with Crippen LogP contribution in [0.1, 0.15) is 19.3 Å². The van der Waals surface area contributed by atoms with Crippen LogP contribution in [0.25, 0.3) is 45.4 Å². The monoisotopic (exact) mass is 599 g/mol. The molecule has 5 heterocycles. The third-order valence-corrected chi connectivity index (χ3v) is 6.96. The normalized spacial score (nSPS) is 13.1. The van der Waals surface area contributed by atoms with Crippen molar-refractivity contribution in [3.8, 4) is 22.9 Å². The maximum atomic E-state index is 10.9. The molecule has 0 bridgehead atoms. The van der Waals surface area contributed by atoms with Crippen LogP contribution >= 0.6 is 11.6 Å². The highest BCUT2D eigenvalue weighted by Gasteiger charge is 2.17. The van der Waals surface area contributed by atoms with Crippen LogP contribution in [0.4, 0.5) is 17.2 Å². The van der Waals surface area contributed by atoms with Crippen molar-refractivity contribution in [2.24, 2.45) is 0 Å². The summed E-state index contributed by atoms with van der Waals surface area (Å²) in [6.45, 7) is 2.01. The quantitative estimate of drug-likeness (QED) is 0.111. The third-order valence-electron chi connectivity index (χ3n) is 6.75. The van der Waals surface area contributed by atoms with Crippen LogP contribution < -0.4 is 4.90 Å². The molecule has 0 saturated carbocycles. The smallest absolute Gasteiger partial charge is 0.270 e. The van der Waals surface area contributed by atoms with Crippen LogP contribution in [0, 0.1) is 20.2 Å². The van der Waals surface area contributed by atoms with Gasteiger partial charge in [-0.05, 0) is 55.7 Å². The summed E-state index contributed by atoms with van der Waals surface area (Å²) in [7, 11) is 0. The van der Waals surface area contributed by atoms with Gasteiger partial charge in [-0.25, -0.2) is 9.97 Å². The maximum Gasteiger partial charge on any atom is 0.270 e. The molecular formula is C29H22ClN7O6. The molecule has 216 valence electrons. The Morgan fingerprint density at radius 3 is 1.77 bits per heavy atom. The third kappa shape index (κ3) is 6.11. The molecule has 0 aliphatic carbocycles. The van der Waals surface area contributed by atoms with Gasteiger partial charge in [-0.2, -0.15) is 9.97 Å². The zero-order chi connectivity index (χ0) is 29.9. The molecule has 1 fully saturated rings. The molecule has 13 nitrogen and oxygen atoms in total. The zero-order valence-electron chi connectivity index (χ0n) is 22.4. The Labute approximate surface area is 248 Å². The molecule has 1 aliphatic rings. The number of nitrogens with zero attached hydrogens (tertiary/aromatic N) is 7. The second-order valence-corrected chi connectivity index (χ2v) is 10.0. The number of aromatic nitrogens is 4. The highest BCUT2D eigenvalue weighted by molar-refractivity contribution is 6.29. The number of hydrogen-bond acceptors (Lipinski definition) is 11. The average molecular weight is 600 g/mol. The number of hydrogen-bond donors (Lipinski definition) is 0. The van der Waals surface area contributed by atoms with E-state index in [1.165, 1.54) is 43.5 Å². The first-order valence-corrected chi connectivity index (χ1v) is 13.7. The number of benzene rings is 2. The van der Waals surface area contributed by atoms with Gasteiger partial charge >= 0.3 is 0 Å². The fourth-order valence-electron chi connectivity index (χ4n) is 4.65. The van der Waals surface area contributed by atoms with E-state index in [-0.39, 0.29) is 17.3 Å². The second kappa shape index (κ2) is 11.8. The van der Waals surface area contributed by atoms with E-state index in [0.29, 0.717) is 44.6 Å². The van der Waals surface area contributed by atoms with Crippen molar-refractivity contribution in [3.05, 3.63) is 98.2 Å². The average Bonchev–Trinajstić information content (AvgIpc) is 3.66. The van der Waals surface area contributed by atoms with Gasteiger partial charge in [-0.1, -0.05) is 23.7 Å². The van der Waals surface area contributed by atoms with E-state index < -0.39 is 9.85 Å². The molecule has 7 rings (SSSR count). The van der Waals surface area contributed by atoms with Crippen LogP contribution in [0.5, 0.6) is 0 Å². The van der Waals surface area contributed by atoms with Gasteiger partial charge in [-0.15, -0.1) is 0 Å². The van der Waals surface area contributed by atoms with Crippen LogP contribution in [-0.4, -0.2) is 42.9 Å². The van der Waals surface area contributed by atoms with Crippen molar-refractivity contribution < 1.29 is 18.7 Å². The van der Waals surface area contributed by atoms with Crippen molar-refractivity contribution in [3.63, 3.8) is 0 Å². The molecule has 43 heavy (non-hydrogen) atoms. The Morgan fingerprint density at radius 1 is 0.674 bits per heavy atom. The number of pyridine rings is 2. The Morgan fingerprint density at radius 2 is 1.21 bits per heavy atom. The summed E-state index contributed by atoms with van der Waals surface area (Å²) in [5.41, 5.74) is 3.03. The Bertz CT molecular complexity index is 1970.